The van der Waals surface area contributed by atoms with Crippen molar-refractivity contribution in [1.29, 1.82) is 0 Å². The molecular formula is C21H29N5O3. The first-order valence-corrected chi connectivity index (χ1v) is 10.4. The standard InChI is InChI=1S/C21H29N5O3/c1-24-9-10-25(16(13-24)7-8-22)11-14-3-2-4-15-12-26(21(29)19(14)15)17-5-6-18(27)23-20(17)28/h2-4,16-17H,5-13,22H2,1H3,(H,23,27,28). The first kappa shape index (κ1) is 20.0. The van der Waals surface area contributed by atoms with Crippen LogP contribution in [-0.4, -0.2) is 77.7 Å². The minimum Gasteiger partial charge on any atom is -0.330 e. The molecule has 29 heavy (non-hydrogen) atoms. The molecule has 1 aromatic rings. The smallest absolute Gasteiger partial charge is 0.255 e. The zero-order valence-corrected chi connectivity index (χ0v) is 16.9. The van der Waals surface area contributed by atoms with Gasteiger partial charge in [0.1, 0.15) is 6.04 Å². The highest BCUT2D eigenvalue weighted by Gasteiger charge is 2.40. The number of carbonyl (C=O) groups is 3. The zero-order chi connectivity index (χ0) is 20.5. The first-order chi connectivity index (χ1) is 14.0. The van der Waals surface area contributed by atoms with E-state index in [4.69, 9.17) is 5.73 Å². The molecular weight excluding hydrogens is 370 g/mol. The van der Waals surface area contributed by atoms with Crippen molar-refractivity contribution < 1.29 is 14.4 Å². The van der Waals surface area contributed by atoms with Gasteiger partial charge in [-0.2, -0.15) is 0 Å². The molecule has 3 N–H and O–H groups in total. The molecule has 4 rings (SSSR count). The van der Waals surface area contributed by atoms with Gasteiger partial charge in [0.05, 0.1) is 0 Å². The number of nitrogens with zero attached hydrogens (tertiary/aromatic N) is 3. The molecule has 1 aromatic carbocycles. The number of piperidine rings is 1. The predicted molar refractivity (Wildman–Crippen MR) is 108 cm³/mol. The van der Waals surface area contributed by atoms with Gasteiger partial charge in [-0.05, 0) is 37.6 Å². The fourth-order valence-electron chi connectivity index (χ4n) is 4.76. The summed E-state index contributed by atoms with van der Waals surface area (Å²) in [5.74, 6) is -0.738. The van der Waals surface area contributed by atoms with Crippen LogP contribution in [0.15, 0.2) is 18.2 Å². The fourth-order valence-corrected chi connectivity index (χ4v) is 4.76. The van der Waals surface area contributed by atoms with E-state index < -0.39 is 6.04 Å². The summed E-state index contributed by atoms with van der Waals surface area (Å²) in [5.41, 5.74) is 8.52. The second-order valence-electron chi connectivity index (χ2n) is 8.32. The van der Waals surface area contributed by atoms with Gasteiger partial charge >= 0.3 is 0 Å². The Morgan fingerprint density at radius 1 is 1.21 bits per heavy atom. The lowest BCUT2D eigenvalue weighted by Gasteiger charge is -2.40. The molecule has 2 unspecified atom stereocenters. The van der Waals surface area contributed by atoms with Crippen molar-refractivity contribution in [3.8, 4) is 0 Å². The average molecular weight is 399 g/mol. The normalized spacial score (nSPS) is 26.0. The topological polar surface area (TPSA) is 99.0 Å². The van der Waals surface area contributed by atoms with Gasteiger partial charge in [0, 0.05) is 50.7 Å². The van der Waals surface area contributed by atoms with Crippen molar-refractivity contribution in [2.45, 2.75) is 44.4 Å². The number of nitrogens with one attached hydrogen (secondary N) is 1. The maximum Gasteiger partial charge on any atom is 0.255 e. The van der Waals surface area contributed by atoms with Crippen LogP contribution in [0.1, 0.15) is 40.7 Å². The van der Waals surface area contributed by atoms with Crippen LogP contribution in [0.5, 0.6) is 0 Å². The predicted octanol–water partition coefficient (Wildman–Crippen LogP) is -0.0876. The highest BCUT2D eigenvalue weighted by atomic mass is 16.2. The Balaban J connectivity index is 1.54. The monoisotopic (exact) mass is 399 g/mol. The van der Waals surface area contributed by atoms with Gasteiger partial charge in [-0.3, -0.25) is 24.6 Å². The van der Waals surface area contributed by atoms with E-state index >= 15 is 0 Å². The van der Waals surface area contributed by atoms with Crippen LogP contribution in [0.3, 0.4) is 0 Å². The number of hydrogen-bond acceptors (Lipinski definition) is 6. The summed E-state index contributed by atoms with van der Waals surface area (Å²) in [6.45, 7) is 4.68. The third-order valence-corrected chi connectivity index (χ3v) is 6.32. The summed E-state index contributed by atoms with van der Waals surface area (Å²) >= 11 is 0. The van der Waals surface area contributed by atoms with E-state index in [0.717, 1.165) is 42.7 Å². The zero-order valence-electron chi connectivity index (χ0n) is 16.9. The van der Waals surface area contributed by atoms with Gasteiger partial charge in [-0.15, -0.1) is 0 Å². The number of amides is 3. The minimum atomic E-state index is -0.575. The van der Waals surface area contributed by atoms with Crippen molar-refractivity contribution in [3.05, 3.63) is 34.9 Å². The molecule has 0 aliphatic carbocycles. The molecule has 2 atom stereocenters. The second-order valence-corrected chi connectivity index (χ2v) is 8.32. The minimum absolute atomic E-state index is 0.102. The number of benzene rings is 1. The summed E-state index contributed by atoms with van der Waals surface area (Å²) in [4.78, 5) is 43.4. The van der Waals surface area contributed by atoms with Gasteiger partial charge < -0.3 is 15.5 Å². The third-order valence-electron chi connectivity index (χ3n) is 6.32. The number of imide groups is 1. The number of rotatable bonds is 5. The molecule has 0 radical (unpaired) electrons. The molecule has 156 valence electrons. The number of hydrogen-bond donors (Lipinski definition) is 2. The lowest BCUT2D eigenvalue weighted by molar-refractivity contribution is -0.136. The highest BCUT2D eigenvalue weighted by molar-refractivity contribution is 6.05. The van der Waals surface area contributed by atoms with E-state index in [2.05, 4.69) is 22.2 Å². The quantitative estimate of drug-likeness (QED) is 0.672. The number of likely N-dealkylation sites (N-methyl/N-ethyl adjacent to an activating group) is 1. The van der Waals surface area contributed by atoms with E-state index in [1.807, 2.05) is 18.2 Å². The van der Waals surface area contributed by atoms with Crippen molar-refractivity contribution in [2.24, 2.45) is 5.73 Å². The van der Waals surface area contributed by atoms with E-state index in [-0.39, 0.29) is 24.1 Å². The van der Waals surface area contributed by atoms with Gasteiger partial charge in [-0.25, -0.2) is 0 Å². The molecule has 3 aliphatic heterocycles. The van der Waals surface area contributed by atoms with E-state index in [9.17, 15) is 14.4 Å². The molecule has 0 saturated carbocycles. The fraction of sp³-hybridized carbons (Fsp3) is 0.571. The number of piperazine rings is 1. The van der Waals surface area contributed by atoms with E-state index in [0.29, 0.717) is 32.1 Å². The maximum absolute atomic E-state index is 13.3. The van der Waals surface area contributed by atoms with Crippen LogP contribution < -0.4 is 11.1 Å². The van der Waals surface area contributed by atoms with Crippen LogP contribution in [0.2, 0.25) is 0 Å². The lowest BCUT2D eigenvalue weighted by atomic mass is 10.0. The third kappa shape index (κ3) is 3.92. The van der Waals surface area contributed by atoms with Gasteiger partial charge in [0.25, 0.3) is 5.91 Å². The Morgan fingerprint density at radius 2 is 2.03 bits per heavy atom. The Hall–Kier alpha value is -2.29. The molecule has 8 heteroatoms. The lowest BCUT2D eigenvalue weighted by Crippen LogP contribution is -2.52. The van der Waals surface area contributed by atoms with Crippen molar-refractivity contribution in [3.63, 3.8) is 0 Å². The molecule has 8 nitrogen and oxygen atoms in total. The molecule has 3 heterocycles. The van der Waals surface area contributed by atoms with E-state index in [1.165, 1.54) is 0 Å². The Bertz CT molecular complexity index is 827. The number of fused-ring (bicyclic) bond motifs is 1. The maximum atomic E-state index is 13.3. The van der Waals surface area contributed by atoms with Crippen LogP contribution in [0.4, 0.5) is 0 Å². The van der Waals surface area contributed by atoms with Gasteiger partial charge in [0.15, 0.2) is 0 Å². The summed E-state index contributed by atoms with van der Waals surface area (Å²) in [6.07, 6.45) is 1.58. The molecule has 2 saturated heterocycles. The SMILES string of the molecule is CN1CCN(Cc2cccc3c2C(=O)N(C2CCC(=O)NC2=O)C3)C(CCN)C1. The molecule has 0 aromatic heterocycles. The molecule has 0 spiro atoms. The molecule has 3 aliphatic rings. The van der Waals surface area contributed by atoms with Crippen LogP contribution in [0, 0.1) is 0 Å². The van der Waals surface area contributed by atoms with Crippen LogP contribution in [0.25, 0.3) is 0 Å². The van der Waals surface area contributed by atoms with E-state index in [1.54, 1.807) is 4.90 Å². The Morgan fingerprint density at radius 3 is 2.79 bits per heavy atom. The first-order valence-electron chi connectivity index (χ1n) is 10.4. The Labute approximate surface area is 171 Å². The van der Waals surface area contributed by atoms with Gasteiger partial charge in [0.2, 0.25) is 11.8 Å². The summed E-state index contributed by atoms with van der Waals surface area (Å²) in [7, 11) is 2.13. The summed E-state index contributed by atoms with van der Waals surface area (Å²) in [5, 5.41) is 2.36. The summed E-state index contributed by atoms with van der Waals surface area (Å²) in [6, 6.07) is 5.77. The van der Waals surface area contributed by atoms with Crippen molar-refractivity contribution >= 4 is 17.7 Å². The molecule has 0 bridgehead atoms. The number of carbonyl (C=O) groups excluding carboxylic acids is 3. The molecule has 3 amide bonds. The second kappa shape index (κ2) is 8.22. The molecule has 2 fully saturated rings. The Kier molecular flexibility index (Phi) is 5.67. The van der Waals surface area contributed by atoms with Gasteiger partial charge in [-0.1, -0.05) is 18.2 Å². The average Bonchev–Trinajstić information content (AvgIpc) is 3.02. The highest BCUT2D eigenvalue weighted by Crippen LogP contribution is 2.31. The van der Waals surface area contributed by atoms with Crippen LogP contribution >= 0.6 is 0 Å². The largest absolute Gasteiger partial charge is 0.330 e. The van der Waals surface area contributed by atoms with Crippen molar-refractivity contribution in [2.75, 3.05) is 33.2 Å². The van der Waals surface area contributed by atoms with Crippen LogP contribution in [-0.2, 0) is 22.7 Å². The van der Waals surface area contributed by atoms with Crippen molar-refractivity contribution in [1.82, 2.24) is 20.0 Å². The summed E-state index contributed by atoms with van der Waals surface area (Å²) < 4.78 is 0. The number of nitrogens with two attached hydrogens (primary N) is 1.